The molecule has 1 aliphatic rings. The number of aryl methyl sites for hydroxylation is 1. The Morgan fingerprint density at radius 1 is 1.17 bits per heavy atom. The molecular weight excluding hydrogens is 391 g/mol. The minimum absolute atomic E-state index is 0.0588. The summed E-state index contributed by atoms with van der Waals surface area (Å²) in [6.07, 6.45) is 5.21. The number of fused-ring (bicyclic) bond motifs is 1. The quantitative estimate of drug-likeness (QED) is 0.544. The monoisotopic (exact) mass is 410 g/mol. The summed E-state index contributed by atoms with van der Waals surface area (Å²) in [7, 11) is 0. The van der Waals surface area contributed by atoms with Gasteiger partial charge in [-0.05, 0) is 79.6 Å². The number of halogens is 2. The Balaban J connectivity index is 1.96. The largest absolute Gasteiger partial charge is 0.476 e. The van der Waals surface area contributed by atoms with E-state index in [1.165, 1.54) is 12.1 Å². The molecule has 0 bridgehead atoms. The van der Waals surface area contributed by atoms with Crippen LogP contribution in [0, 0.1) is 12.7 Å². The molecule has 1 heterocycles. The molecule has 0 spiro atoms. The third-order valence-electron chi connectivity index (χ3n) is 5.16. The van der Waals surface area contributed by atoms with Crippen molar-refractivity contribution in [1.29, 1.82) is 0 Å². The first-order valence-electron chi connectivity index (χ1n) is 9.52. The van der Waals surface area contributed by atoms with Crippen LogP contribution in [0.3, 0.4) is 0 Å². The molecule has 0 saturated carbocycles. The Hall–Kier alpha value is -2.92. The molecule has 0 saturated heterocycles. The second-order valence-electron chi connectivity index (χ2n) is 7.28. The number of allylic oxidation sites excluding steroid dienone is 1. The van der Waals surface area contributed by atoms with Crippen LogP contribution in [0.2, 0.25) is 5.02 Å². The number of rotatable bonds is 3. The van der Waals surface area contributed by atoms with Gasteiger partial charge in [0.15, 0.2) is 5.69 Å². The summed E-state index contributed by atoms with van der Waals surface area (Å²) in [4.78, 5) is 11.9. The molecule has 1 aliphatic carbocycles. The van der Waals surface area contributed by atoms with E-state index >= 15 is 0 Å². The van der Waals surface area contributed by atoms with Gasteiger partial charge in [-0.25, -0.2) is 13.9 Å². The molecule has 2 aromatic carbocycles. The van der Waals surface area contributed by atoms with E-state index < -0.39 is 5.97 Å². The lowest BCUT2D eigenvalue weighted by atomic mass is 10.0. The molecule has 1 aromatic heterocycles. The highest BCUT2D eigenvalue weighted by atomic mass is 35.5. The Bertz CT molecular complexity index is 1120. The van der Waals surface area contributed by atoms with Gasteiger partial charge in [-0.1, -0.05) is 29.8 Å². The molecule has 0 unspecified atom stereocenters. The first-order valence-corrected chi connectivity index (χ1v) is 9.90. The number of nitrogens with zero attached hydrogens (tertiary/aromatic N) is 2. The smallest absolute Gasteiger partial charge is 0.356 e. The zero-order valence-corrected chi connectivity index (χ0v) is 16.7. The predicted molar refractivity (Wildman–Crippen MR) is 112 cm³/mol. The Morgan fingerprint density at radius 3 is 2.59 bits per heavy atom. The van der Waals surface area contributed by atoms with Gasteiger partial charge in [0.05, 0.1) is 16.4 Å². The van der Waals surface area contributed by atoms with Crippen molar-refractivity contribution >= 4 is 29.2 Å². The van der Waals surface area contributed by atoms with Gasteiger partial charge in [0.25, 0.3) is 0 Å². The molecular formula is C23H20ClFN2O2. The van der Waals surface area contributed by atoms with E-state index in [0.717, 1.165) is 47.2 Å². The molecule has 0 amide bonds. The molecule has 0 atom stereocenters. The molecule has 6 heteroatoms. The van der Waals surface area contributed by atoms with Crippen LogP contribution < -0.4 is 0 Å². The number of hydrogen-bond acceptors (Lipinski definition) is 2. The van der Waals surface area contributed by atoms with Crippen molar-refractivity contribution in [3.63, 3.8) is 0 Å². The zero-order chi connectivity index (χ0) is 20.5. The van der Waals surface area contributed by atoms with Crippen molar-refractivity contribution in [3.8, 4) is 5.69 Å². The summed E-state index contributed by atoms with van der Waals surface area (Å²) in [5, 5.41) is 14.7. The summed E-state index contributed by atoms with van der Waals surface area (Å²) in [5.41, 5.74) is 5.04. The Kier molecular flexibility index (Phi) is 5.24. The fourth-order valence-electron chi connectivity index (χ4n) is 3.78. The van der Waals surface area contributed by atoms with Gasteiger partial charge in [-0.15, -0.1) is 0 Å². The maximum absolute atomic E-state index is 13.3. The highest BCUT2D eigenvalue weighted by molar-refractivity contribution is 6.32. The summed E-state index contributed by atoms with van der Waals surface area (Å²) in [5.74, 6) is -1.34. The Morgan fingerprint density at radius 2 is 1.90 bits per heavy atom. The van der Waals surface area contributed by atoms with Crippen molar-refractivity contribution in [2.24, 2.45) is 0 Å². The van der Waals surface area contributed by atoms with Crippen LogP contribution in [0.5, 0.6) is 0 Å². The maximum Gasteiger partial charge on any atom is 0.356 e. The van der Waals surface area contributed by atoms with Crippen LogP contribution in [0.25, 0.3) is 17.3 Å². The van der Waals surface area contributed by atoms with Gasteiger partial charge in [-0.3, -0.25) is 0 Å². The zero-order valence-electron chi connectivity index (χ0n) is 16.0. The molecule has 0 aliphatic heterocycles. The lowest BCUT2D eigenvalue weighted by Gasteiger charge is -2.13. The van der Waals surface area contributed by atoms with Gasteiger partial charge in [0, 0.05) is 5.56 Å². The van der Waals surface area contributed by atoms with Crippen molar-refractivity contribution in [2.75, 3.05) is 0 Å². The third-order valence-corrected chi connectivity index (χ3v) is 5.46. The third kappa shape index (κ3) is 3.83. The van der Waals surface area contributed by atoms with Crippen LogP contribution in [0.4, 0.5) is 4.39 Å². The number of benzene rings is 2. The first-order chi connectivity index (χ1) is 13.9. The molecule has 0 radical (unpaired) electrons. The summed E-state index contributed by atoms with van der Waals surface area (Å²) in [6, 6.07) is 11.9. The molecule has 1 N–H and O–H groups in total. The topological polar surface area (TPSA) is 55.1 Å². The lowest BCUT2D eigenvalue weighted by Crippen LogP contribution is -2.04. The highest BCUT2D eigenvalue weighted by Crippen LogP contribution is 2.36. The second kappa shape index (κ2) is 7.84. The molecule has 3 aromatic rings. The van der Waals surface area contributed by atoms with E-state index in [1.807, 2.05) is 31.2 Å². The number of hydrogen-bond donors (Lipinski definition) is 1. The number of carboxylic acid groups (broad SMARTS) is 1. The van der Waals surface area contributed by atoms with Gasteiger partial charge in [0.1, 0.15) is 5.82 Å². The van der Waals surface area contributed by atoms with E-state index in [9.17, 15) is 14.3 Å². The lowest BCUT2D eigenvalue weighted by molar-refractivity contribution is 0.0688. The van der Waals surface area contributed by atoms with Crippen molar-refractivity contribution < 1.29 is 14.3 Å². The van der Waals surface area contributed by atoms with Crippen molar-refractivity contribution in [3.05, 3.63) is 81.4 Å². The van der Waals surface area contributed by atoms with Crippen LogP contribution in [0.15, 0.2) is 42.5 Å². The minimum atomic E-state index is -1.05. The maximum atomic E-state index is 13.3. The van der Waals surface area contributed by atoms with E-state index in [1.54, 1.807) is 16.8 Å². The fourth-order valence-corrected chi connectivity index (χ4v) is 4.10. The van der Waals surface area contributed by atoms with Gasteiger partial charge in [0.2, 0.25) is 0 Å². The average molecular weight is 411 g/mol. The van der Waals surface area contributed by atoms with Gasteiger partial charge in [-0.2, -0.15) is 5.10 Å². The average Bonchev–Trinajstić information content (AvgIpc) is 2.93. The van der Waals surface area contributed by atoms with Crippen molar-refractivity contribution in [1.82, 2.24) is 9.78 Å². The SMILES string of the molecule is Cc1ccc(-n2nc(C(=O)O)c3c2/C(=C/c2ccc(F)cc2)CCCC3)c(Cl)c1. The normalized spacial score (nSPS) is 15.2. The van der Waals surface area contributed by atoms with Crippen LogP contribution in [-0.4, -0.2) is 20.9 Å². The number of carboxylic acids is 1. The highest BCUT2D eigenvalue weighted by Gasteiger charge is 2.27. The Labute approximate surface area is 173 Å². The van der Waals surface area contributed by atoms with Crippen LogP contribution in [-0.2, 0) is 6.42 Å². The number of aromatic carboxylic acids is 1. The number of carbonyl (C=O) groups is 1. The van der Waals surface area contributed by atoms with Crippen LogP contribution in [0.1, 0.15) is 52.1 Å². The fraction of sp³-hybridized carbons (Fsp3) is 0.217. The van der Waals surface area contributed by atoms with Crippen LogP contribution >= 0.6 is 11.6 Å². The van der Waals surface area contributed by atoms with E-state index in [0.29, 0.717) is 17.1 Å². The predicted octanol–water partition coefficient (Wildman–Crippen LogP) is 5.94. The van der Waals surface area contributed by atoms with E-state index in [2.05, 4.69) is 5.10 Å². The minimum Gasteiger partial charge on any atom is -0.476 e. The van der Waals surface area contributed by atoms with E-state index in [4.69, 9.17) is 11.6 Å². The standard InChI is InChI=1S/C23H20ClFN2O2/c1-14-6-11-20(19(24)12-14)27-22-16(13-15-7-9-17(25)10-8-15)4-2-3-5-18(22)21(26-27)23(28)29/h6-13H,2-5H2,1H3,(H,28,29)/b16-13+. The van der Waals surface area contributed by atoms with E-state index in [-0.39, 0.29) is 11.5 Å². The molecule has 4 rings (SSSR count). The molecule has 29 heavy (non-hydrogen) atoms. The first kappa shape index (κ1) is 19.4. The number of aromatic nitrogens is 2. The molecule has 148 valence electrons. The molecule has 4 nitrogen and oxygen atoms in total. The molecule has 0 fully saturated rings. The van der Waals surface area contributed by atoms with Gasteiger partial charge < -0.3 is 5.11 Å². The van der Waals surface area contributed by atoms with Crippen molar-refractivity contribution in [2.45, 2.75) is 32.6 Å². The summed E-state index contributed by atoms with van der Waals surface area (Å²) >= 11 is 6.49. The van der Waals surface area contributed by atoms with Gasteiger partial charge >= 0.3 is 5.97 Å². The summed E-state index contributed by atoms with van der Waals surface area (Å²) in [6.45, 7) is 1.95. The summed E-state index contributed by atoms with van der Waals surface area (Å²) < 4.78 is 15.0. The second-order valence-corrected chi connectivity index (χ2v) is 7.68.